The topological polar surface area (TPSA) is 133 Å². The van der Waals surface area contributed by atoms with Crippen LogP contribution in [-0.2, 0) is 29.8 Å². The van der Waals surface area contributed by atoms with Gasteiger partial charge < -0.3 is 10.6 Å². The van der Waals surface area contributed by atoms with E-state index in [4.69, 9.17) is 0 Å². The Morgan fingerprint density at radius 1 is 1.19 bits per heavy atom. The number of anilines is 1. The van der Waals surface area contributed by atoms with Gasteiger partial charge in [0, 0.05) is 24.1 Å². The lowest BCUT2D eigenvalue weighted by Crippen LogP contribution is -2.24. The van der Waals surface area contributed by atoms with Gasteiger partial charge in [0.05, 0.1) is 31.2 Å². The largest absolute Gasteiger partial charge is 0.345 e. The van der Waals surface area contributed by atoms with Crippen LogP contribution in [-0.4, -0.2) is 53.5 Å². The molecule has 3 aromatic rings. The summed E-state index contributed by atoms with van der Waals surface area (Å²) in [5, 5.41) is 20.3. The molecule has 3 rings (SSSR count). The van der Waals surface area contributed by atoms with E-state index in [1.165, 1.54) is 21.8 Å². The van der Waals surface area contributed by atoms with E-state index in [0.29, 0.717) is 6.41 Å². The molecule has 3 aromatic heterocycles. The van der Waals surface area contributed by atoms with Gasteiger partial charge >= 0.3 is 0 Å². The van der Waals surface area contributed by atoms with Crippen molar-refractivity contribution in [1.29, 1.82) is 0 Å². The molecule has 0 aliphatic rings. The van der Waals surface area contributed by atoms with Crippen LogP contribution in [0.3, 0.4) is 0 Å². The van der Waals surface area contributed by atoms with Gasteiger partial charge in [0.25, 0.3) is 5.91 Å². The second-order valence-corrected chi connectivity index (χ2v) is 8.29. The Morgan fingerprint density at radius 3 is 2.72 bits per heavy atom. The van der Waals surface area contributed by atoms with E-state index in [9.17, 15) is 14.0 Å². The second-order valence-electron chi connectivity index (χ2n) is 8.29. The molecule has 0 saturated carbocycles. The molecule has 0 radical (unpaired) electrons. The number of nitrogens with one attached hydrogen (secondary N) is 2. The van der Waals surface area contributed by atoms with Crippen molar-refractivity contribution in [2.45, 2.75) is 58.4 Å². The van der Waals surface area contributed by atoms with Gasteiger partial charge in [0.2, 0.25) is 6.41 Å². The van der Waals surface area contributed by atoms with Crippen LogP contribution in [0.4, 0.5) is 10.2 Å². The molecule has 32 heavy (non-hydrogen) atoms. The normalized spacial score (nSPS) is 12.4. The molecular formula is C20H26FN9O2. The first-order valence-corrected chi connectivity index (χ1v) is 10.1. The van der Waals surface area contributed by atoms with Crippen LogP contribution >= 0.6 is 0 Å². The zero-order chi connectivity index (χ0) is 23.1. The fourth-order valence-electron chi connectivity index (χ4n) is 2.85. The molecule has 0 saturated heterocycles. The average molecular weight is 443 g/mol. The maximum Gasteiger partial charge on any atom is 0.273 e. The Balaban J connectivity index is 1.47. The molecule has 3 heterocycles. The van der Waals surface area contributed by atoms with Gasteiger partial charge in [-0.1, -0.05) is 37.3 Å². The van der Waals surface area contributed by atoms with E-state index in [0.717, 1.165) is 11.4 Å². The number of amides is 2. The summed E-state index contributed by atoms with van der Waals surface area (Å²) in [6.07, 6.45) is 2.31. The van der Waals surface area contributed by atoms with Crippen molar-refractivity contribution in [3.8, 4) is 0 Å². The summed E-state index contributed by atoms with van der Waals surface area (Å²) < 4.78 is 17.0. The lowest BCUT2D eigenvalue weighted by Gasteiger charge is -2.18. The maximum absolute atomic E-state index is 14.2. The molecule has 0 fully saturated rings. The highest BCUT2D eigenvalue weighted by molar-refractivity contribution is 5.91. The highest BCUT2D eigenvalue weighted by Crippen LogP contribution is 2.19. The van der Waals surface area contributed by atoms with Crippen molar-refractivity contribution in [3.05, 3.63) is 47.7 Å². The standard InChI is InChI=1S/C20H26FN9O2/c1-20(2,3)17-6-4-5-15(24-17)9-22-19(32)16-11-29(27-25-16)8-7-14(21)10-30-12-18(23-13-31)26-28-30/h4-6,11-14H,7-10H2,1-3H3,(H,22,32)(H,23,31). The van der Waals surface area contributed by atoms with Gasteiger partial charge in [-0.15, -0.1) is 10.2 Å². The lowest BCUT2D eigenvalue weighted by molar-refractivity contribution is -0.105. The van der Waals surface area contributed by atoms with Crippen molar-refractivity contribution in [2.24, 2.45) is 0 Å². The van der Waals surface area contributed by atoms with Crippen LogP contribution in [0.1, 0.15) is 49.1 Å². The molecule has 1 unspecified atom stereocenters. The fraction of sp³-hybridized carbons (Fsp3) is 0.450. The molecule has 0 bridgehead atoms. The summed E-state index contributed by atoms with van der Waals surface area (Å²) in [4.78, 5) is 27.3. The first-order chi connectivity index (χ1) is 15.2. The number of aromatic nitrogens is 7. The van der Waals surface area contributed by atoms with E-state index in [1.54, 1.807) is 0 Å². The monoisotopic (exact) mass is 443 g/mol. The van der Waals surface area contributed by atoms with Crippen molar-refractivity contribution in [1.82, 2.24) is 40.3 Å². The van der Waals surface area contributed by atoms with Crippen molar-refractivity contribution < 1.29 is 14.0 Å². The first-order valence-electron chi connectivity index (χ1n) is 10.1. The molecule has 11 nitrogen and oxygen atoms in total. The number of hydrogen-bond donors (Lipinski definition) is 2. The van der Waals surface area contributed by atoms with Gasteiger partial charge in [-0.25, -0.2) is 9.07 Å². The van der Waals surface area contributed by atoms with Gasteiger partial charge in [0.15, 0.2) is 11.5 Å². The van der Waals surface area contributed by atoms with E-state index < -0.39 is 6.17 Å². The SMILES string of the molecule is CC(C)(C)c1cccc(CNC(=O)c2cn(CCC(F)Cn3cc(NC=O)nn3)nn2)n1. The summed E-state index contributed by atoms with van der Waals surface area (Å²) in [5.41, 5.74) is 1.75. The van der Waals surface area contributed by atoms with Crippen LogP contribution in [0.2, 0.25) is 0 Å². The number of rotatable bonds is 10. The fourth-order valence-corrected chi connectivity index (χ4v) is 2.85. The number of alkyl halides is 1. The minimum absolute atomic E-state index is 0.0177. The second kappa shape index (κ2) is 10.1. The molecule has 0 spiro atoms. The predicted molar refractivity (Wildman–Crippen MR) is 113 cm³/mol. The minimum Gasteiger partial charge on any atom is -0.345 e. The number of halogens is 1. The van der Waals surface area contributed by atoms with Crippen LogP contribution in [0.25, 0.3) is 0 Å². The third-order valence-corrected chi connectivity index (χ3v) is 4.58. The zero-order valence-electron chi connectivity index (χ0n) is 18.2. The van der Waals surface area contributed by atoms with E-state index in [1.807, 2.05) is 18.2 Å². The highest BCUT2D eigenvalue weighted by atomic mass is 19.1. The van der Waals surface area contributed by atoms with E-state index in [-0.39, 0.29) is 48.9 Å². The van der Waals surface area contributed by atoms with Crippen molar-refractivity contribution in [2.75, 3.05) is 5.32 Å². The number of nitrogens with zero attached hydrogens (tertiary/aromatic N) is 7. The molecule has 0 aliphatic heterocycles. The van der Waals surface area contributed by atoms with Gasteiger partial charge in [-0.2, -0.15) is 0 Å². The molecule has 1 atom stereocenters. The third kappa shape index (κ3) is 6.40. The first kappa shape index (κ1) is 23.0. The number of pyridine rings is 1. The number of aryl methyl sites for hydroxylation is 1. The van der Waals surface area contributed by atoms with Crippen molar-refractivity contribution in [3.63, 3.8) is 0 Å². The summed E-state index contributed by atoms with van der Waals surface area (Å²) in [6, 6.07) is 5.72. The Labute approximate surface area is 184 Å². The Hall–Kier alpha value is -3.70. The summed E-state index contributed by atoms with van der Waals surface area (Å²) in [6.45, 7) is 6.71. The van der Waals surface area contributed by atoms with Crippen molar-refractivity contribution >= 4 is 18.1 Å². The highest BCUT2D eigenvalue weighted by Gasteiger charge is 2.17. The molecule has 12 heteroatoms. The van der Waals surface area contributed by atoms with E-state index >= 15 is 0 Å². The average Bonchev–Trinajstić information content (AvgIpc) is 3.40. The molecule has 2 N–H and O–H groups in total. The molecule has 0 aromatic carbocycles. The molecule has 0 aliphatic carbocycles. The lowest BCUT2D eigenvalue weighted by atomic mass is 9.91. The third-order valence-electron chi connectivity index (χ3n) is 4.58. The summed E-state index contributed by atoms with van der Waals surface area (Å²) in [7, 11) is 0. The Kier molecular flexibility index (Phi) is 7.23. The smallest absolute Gasteiger partial charge is 0.273 e. The minimum atomic E-state index is -1.22. The summed E-state index contributed by atoms with van der Waals surface area (Å²) in [5.74, 6) is -0.131. The predicted octanol–water partition coefficient (Wildman–Crippen LogP) is 1.49. The summed E-state index contributed by atoms with van der Waals surface area (Å²) >= 11 is 0. The maximum atomic E-state index is 14.2. The van der Waals surface area contributed by atoms with Gasteiger partial charge in [0.1, 0.15) is 6.17 Å². The number of carbonyl (C=O) groups excluding carboxylic acids is 2. The van der Waals surface area contributed by atoms with Gasteiger partial charge in [-0.3, -0.25) is 19.3 Å². The number of carbonyl (C=O) groups is 2. The zero-order valence-corrected chi connectivity index (χ0v) is 18.2. The Morgan fingerprint density at radius 2 is 1.97 bits per heavy atom. The van der Waals surface area contributed by atoms with E-state index in [2.05, 4.69) is 57.0 Å². The van der Waals surface area contributed by atoms with Crippen LogP contribution in [0.5, 0.6) is 0 Å². The van der Waals surface area contributed by atoms with Crippen LogP contribution in [0.15, 0.2) is 30.6 Å². The van der Waals surface area contributed by atoms with Crippen LogP contribution in [0, 0.1) is 0 Å². The quantitative estimate of drug-likeness (QED) is 0.454. The molecule has 2 amide bonds. The van der Waals surface area contributed by atoms with Gasteiger partial charge in [-0.05, 0) is 12.1 Å². The Bertz CT molecular complexity index is 1060. The molecule has 170 valence electrons. The number of hydrogen-bond acceptors (Lipinski definition) is 7. The van der Waals surface area contributed by atoms with Crippen LogP contribution < -0.4 is 10.6 Å². The molecular weight excluding hydrogens is 417 g/mol.